The third-order valence-corrected chi connectivity index (χ3v) is 6.92. The summed E-state index contributed by atoms with van der Waals surface area (Å²) >= 11 is 0. The number of carbonyl (C=O) groups excluding carboxylic acids is 1. The summed E-state index contributed by atoms with van der Waals surface area (Å²) in [6.07, 6.45) is 12.5. The van der Waals surface area contributed by atoms with E-state index < -0.39 is 11.0 Å². The third-order valence-electron chi connectivity index (χ3n) is 6.92. The summed E-state index contributed by atoms with van der Waals surface area (Å²) in [5, 5.41) is 0. The van der Waals surface area contributed by atoms with Crippen LogP contribution in [0.3, 0.4) is 0 Å². The molecule has 2 heterocycles. The smallest absolute Gasteiger partial charge is 0.340 e. The molecule has 3 heteroatoms. The SMILES string of the molecule is C=C1OC2(C3=C1C=CCC3)C(C)C1C=C3C(=O)O/C(=C\C)[C@]32CC1. The number of carbonyl (C=O) groups is 1. The standard InChI is InChI=1S/C21H22O3/c1-4-18-20-10-9-14(11-17(20)19(22)23-18)12(2)21(20)16-8-6-5-7-15(16)13(3)24-21/h4-5,7,11-12,14H,3,6,8-10H2,1-2H3/b18-4-/t12?,14?,20-,21?/m0/s1. The van der Waals surface area contributed by atoms with Gasteiger partial charge < -0.3 is 9.47 Å². The Bertz CT molecular complexity index is 809. The van der Waals surface area contributed by atoms with E-state index in [1.54, 1.807) is 0 Å². The molecule has 0 amide bonds. The number of ether oxygens (including phenoxy) is 2. The summed E-state index contributed by atoms with van der Waals surface area (Å²) in [6.45, 7) is 8.42. The first-order chi connectivity index (χ1) is 11.6. The highest BCUT2D eigenvalue weighted by atomic mass is 16.6. The van der Waals surface area contributed by atoms with Crippen LogP contribution in [0.4, 0.5) is 0 Å². The maximum atomic E-state index is 12.6. The zero-order valence-electron chi connectivity index (χ0n) is 14.2. The molecule has 0 aromatic heterocycles. The second-order valence-electron chi connectivity index (χ2n) is 7.61. The molecule has 24 heavy (non-hydrogen) atoms. The van der Waals surface area contributed by atoms with Crippen LogP contribution in [0.15, 0.2) is 59.1 Å². The van der Waals surface area contributed by atoms with Gasteiger partial charge in [0.15, 0.2) is 5.60 Å². The molecule has 1 saturated carbocycles. The summed E-state index contributed by atoms with van der Waals surface area (Å²) in [5.74, 6) is 2.00. The van der Waals surface area contributed by atoms with Gasteiger partial charge in [-0.1, -0.05) is 31.7 Å². The van der Waals surface area contributed by atoms with Gasteiger partial charge in [0.25, 0.3) is 0 Å². The topological polar surface area (TPSA) is 35.5 Å². The lowest BCUT2D eigenvalue weighted by Crippen LogP contribution is -2.62. The molecule has 0 radical (unpaired) electrons. The van der Waals surface area contributed by atoms with Gasteiger partial charge in [-0.25, -0.2) is 4.79 Å². The lowest BCUT2D eigenvalue weighted by Gasteiger charge is -2.58. The molecular weight excluding hydrogens is 300 g/mol. The van der Waals surface area contributed by atoms with E-state index in [0.717, 1.165) is 48.3 Å². The van der Waals surface area contributed by atoms with Gasteiger partial charge in [0.1, 0.15) is 16.9 Å². The van der Waals surface area contributed by atoms with Crippen molar-refractivity contribution in [3.63, 3.8) is 0 Å². The van der Waals surface area contributed by atoms with Crippen molar-refractivity contribution in [2.75, 3.05) is 0 Å². The van der Waals surface area contributed by atoms with Gasteiger partial charge in [-0.3, -0.25) is 0 Å². The van der Waals surface area contributed by atoms with Crippen molar-refractivity contribution in [3.05, 3.63) is 59.1 Å². The van der Waals surface area contributed by atoms with Gasteiger partial charge in [0.2, 0.25) is 0 Å². The molecule has 0 N–H and O–H groups in total. The lowest BCUT2D eigenvalue weighted by molar-refractivity contribution is -0.132. The fourth-order valence-electron chi connectivity index (χ4n) is 5.99. The second kappa shape index (κ2) is 4.33. The largest absolute Gasteiger partial charge is 0.481 e. The van der Waals surface area contributed by atoms with Crippen LogP contribution < -0.4 is 0 Å². The third kappa shape index (κ3) is 1.28. The van der Waals surface area contributed by atoms with E-state index in [-0.39, 0.29) is 5.97 Å². The maximum absolute atomic E-state index is 12.6. The molecular formula is C21H22O3. The van der Waals surface area contributed by atoms with E-state index in [1.807, 2.05) is 13.0 Å². The van der Waals surface area contributed by atoms with Gasteiger partial charge in [-0.2, -0.15) is 0 Å². The average molecular weight is 322 g/mol. The number of fused-ring (bicyclic) bond motifs is 1. The number of hydrogen-bond donors (Lipinski definition) is 0. The average Bonchev–Trinajstić information content (AvgIpc) is 3.07. The Morgan fingerprint density at radius 2 is 2.25 bits per heavy atom. The summed E-state index contributed by atoms with van der Waals surface area (Å²) in [6, 6.07) is 0. The minimum absolute atomic E-state index is 0.186. The molecule has 2 spiro atoms. The van der Waals surface area contributed by atoms with E-state index in [4.69, 9.17) is 9.47 Å². The number of hydrogen-bond acceptors (Lipinski definition) is 3. The van der Waals surface area contributed by atoms with Crippen LogP contribution in [0.5, 0.6) is 0 Å². The van der Waals surface area contributed by atoms with Crippen molar-refractivity contribution in [3.8, 4) is 0 Å². The van der Waals surface area contributed by atoms with Crippen LogP contribution in [-0.4, -0.2) is 11.6 Å². The van der Waals surface area contributed by atoms with Crippen LogP contribution in [-0.2, 0) is 14.3 Å². The Labute approximate surface area is 142 Å². The van der Waals surface area contributed by atoms with Crippen molar-refractivity contribution in [2.45, 2.75) is 45.1 Å². The predicted octanol–water partition coefficient (Wildman–Crippen LogP) is 4.35. The highest BCUT2D eigenvalue weighted by Crippen LogP contribution is 2.71. The molecule has 4 atom stereocenters. The summed E-state index contributed by atoms with van der Waals surface area (Å²) in [4.78, 5) is 12.6. The minimum Gasteiger partial charge on any atom is -0.481 e. The highest BCUT2D eigenvalue weighted by Gasteiger charge is 2.74. The molecule has 6 aliphatic rings. The van der Waals surface area contributed by atoms with Gasteiger partial charge in [-0.05, 0) is 50.2 Å². The molecule has 0 aromatic carbocycles. The van der Waals surface area contributed by atoms with Crippen LogP contribution >= 0.6 is 0 Å². The first-order valence-electron chi connectivity index (χ1n) is 8.96. The van der Waals surface area contributed by atoms with Gasteiger partial charge >= 0.3 is 5.97 Å². The molecule has 4 aliphatic carbocycles. The molecule has 3 unspecified atom stereocenters. The molecule has 2 bridgehead atoms. The zero-order valence-corrected chi connectivity index (χ0v) is 14.2. The fourth-order valence-corrected chi connectivity index (χ4v) is 5.99. The normalized spacial score (nSPS) is 43.9. The van der Waals surface area contributed by atoms with E-state index in [9.17, 15) is 4.79 Å². The number of esters is 1. The first-order valence-corrected chi connectivity index (χ1v) is 8.96. The van der Waals surface area contributed by atoms with Crippen molar-refractivity contribution >= 4 is 5.97 Å². The number of rotatable bonds is 0. The molecule has 6 rings (SSSR count). The fraction of sp³-hybridized carbons (Fsp3) is 0.476. The van der Waals surface area contributed by atoms with Crippen molar-refractivity contribution in [2.24, 2.45) is 17.3 Å². The Kier molecular flexibility index (Phi) is 2.58. The molecule has 3 nitrogen and oxygen atoms in total. The van der Waals surface area contributed by atoms with Gasteiger partial charge in [0, 0.05) is 11.5 Å². The van der Waals surface area contributed by atoms with Gasteiger partial charge in [0.05, 0.1) is 5.57 Å². The summed E-state index contributed by atoms with van der Waals surface area (Å²) in [7, 11) is 0. The Balaban J connectivity index is 1.85. The zero-order chi connectivity index (χ0) is 16.7. The summed E-state index contributed by atoms with van der Waals surface area (Å²) in [5.41, 5.74) is 2.31. The molecule has 1 saturated heterocycles. The monoisotopic (exact) mass is 322 g/mol. The molecule has 2 fully saturated rings. The molecule has 2 aliphatic heterocycles. The lowest BCUT2D eigenvalue weighted by atomic mass is 9.46. The van der Waals surface area contributed by atoms with Gasteiger partial charge in [-0.15, -0.1) is 0 Å². The quantitative estimate of drug-likeness (QED) is 0.622. The molecule has 124 valence electrons. The van der Waals surface area contributed by atoms with E-state index in [1.165, 1.54) is 5.57 Å². The Morgan fingerprint density at radius 1 is 1.42 bits per heavy atom. The van der Waals surface area contributed by atoms with E-state index >= 15 is 0 Å². The van der Waals surface area contributed by atoms with Crippen LogP contribution in [0.25, 0.3) is 0 Å². The highest BCUT2D eigenvalue weighted by molar-refractivity contribution is 5.96. The van der Waals surface area contributed by atoms with E-state index in [2.05, 4.69) is 31.7 Å². The van der Waals surface area contributed by atoms with Crippen molar-refractivity contribution in [1.82, 2.24) is 0 Å². The Hall–Kier alpha value is -2.03. The number of allylic oxidation sites excluding steroid dienone is 4. The minimum atomic E-state index is -0.509. The Morgan fingerprint density at radius 3 is 3.04 bits per heavy atom. The summed E-state index contributed by atoms with van der Waals surface area (Å²) < 4.78 is 12.4. The molecule has 0 aromatic rings. The first kappa shape index (κ1) is 14.3. The van der Waals surface area contributed by atoms with Crippen molar-refractivity contribution in [1.29, 1.82) is 0 Å². The van der Waals surface area contributed by atoms with E-state index in [0.29, 0.717) is 11.8 Å². The second-order valence-corrected chi connectivity index (χ2v) is 7.61. The predicted molar refractivity (Wildman–Crippen MR) is 90.6 cm³/mol. The number of cyclic esters (lactones) is 1. The van der Waals surface area contributed by atoms with Crippen molar-refractivity contribution < 1.29 is 14.3 Å². The van der Waals surface area contributed by atoms with Crippen LogP contribution in [0.1, 0.15) is 39.5 Å². The van der Waals surface area contributed by atoms with Crippen LogP contribution in [0.2, 0.25) is 0 Å². The maximum Gasteiger partial charge on any atom is 0.340 e. The van der Waals surface area contributed by atoms with Crippen LogP contribution in [0, 0.1) is 17.3 Å².